The molecule has 0 aliphatic heterocycles. The van der Waals surface area contributed by atoms with Gasteiger partial charge in [0.1, 0.15) is 12.4 Å². The number of benzene rings is 2. The lowest BCUT2D eigenvalue weighted by Crippen LogP contribution is -2.01. The molecule has 0 amide bonds. The lowest BCUT2D eigenvalue weighted by molar-refractivity contribution is 0.103. The molecule has 0 aliphatic carbocycles. The Morgan fingerprint density at radius 1 is 1.05 bits per heavy atom. The molecule has 3 aromatic rings. The molecule has 110 valence electrons. The minimum Gasteiger partial charge on any atom is -0.486 e. The fraction of sp³-hybridized carbons (Fsp3) is 0.111. The van der Waals surface area contributed by atoms with Crippen molar-refractivity contribution in [3.8, 4) is 5.75 Å². The summed E-state index contributed by atoms with van der Waals surface area (Å²) in [6.07, 6.45) is 0. The fourth-order valence-corrected chi connectivity index (χ4v) is 2.10. The van der Waals surface area contributed by atoms with Gasteiger partial charge < -0.3 is 9.26 Å². The van der Waals surface area contributed by atoms with Gasteiger partial charge in [-0.3, -0.25) is 4.79 Å². The van der Waals surface area contributed by atoms with E-state index in [0.717, 1.165) is 5.69 Å². The number of hydrogen-bond donors (Lipinski definition) is 0. The molecule has 0 aliphatic rings. The van der Waals surface area contributed by atoms with E-state index < -0.39 is 0 Å². The lowest BCUT2D eigenvalue weighted by atomic mass is 10.0. The van der Waals surface area contributed by atoms with Crippen LogP contribution in [0.5, 0.6) is 5.75 Å². The highest BCUT2D eigenvalue weighted by atomic mass is 16.5. The van der Waals surface area contributed by atoms with E-state index in [9.17, 15) is 4.79 Å². The molecule has 0 bridgehead atoms. The molecule has 0 unspecified atom stereocenters. The molecular formula is C18H15NO3. The van der Waals surface area contributed by atoms with Crippen LogP contribution in [-0.2, 0) is 6.61 Å². The number of ether oxygens (including phenoxy) is 1. The molecule has 1 aromatic heterocycles. The Hall–Kier alpha value is -2.88. The molecule has 0 fully saturated rings. The van der Waals surface area contributed by atoms with Gasteiger partial charge in [0.25, 0.3) is 0 Å². The fourth-order valence-electron chi connectivity index (χ4n) is 2.10. The predicted octanol–water partition coefficient (Wildman–Crippen LogP) is 3.79. The second-order valence-electron chi connectivity index (χ2n) is 4.94. The number of hydrogen-bond acceptors (Lipinski definition) is 4. The summed E-state index contributed by atoms with van der Waals surface area (Å²) >= 11 is 0. The number of nitrogens with zero attached hydrogens (tertiary/aromatic N) is 1. The molecule has 0 spiro atoms. The highest BCUT2D eigenvalue weighted by molar-refractivity contribution is 6.08. The van der Waals surface area contributed by atoms with Crippen molar-refractivity contribution in [2.24, 2.45) is 0 Å². The van der Waals surface area contributed by atoms with Crippen LogP contribution in [-0.4, -0.2) is 10.9 Å². The molecular weight excluding hydrogens is 278 g/mol. The minimum absolute atomic E-state index is 0.00184. The summed E-state index contributed by atoms with van der Waals surface area (Å²) in [6, 6.07) is 18.1. The lowest BCUT2D eigenvalue weighted by Gasteiger charge is -2.05. The summed E-state index contributed by atoms with van der Waals surface area (Å²) in [5.41, 5.74) is 2.13. The van der Waals surface area contributed by atoms with Gasteiger partial charge in [0, 0.05) is 17.2 Å². The van der Waals surface area contributed by atoms with Crippen LogP contribution in [0, 0.1) is 6.92 Å². The maximum absolute atomic E-state index is 12.3. The van der Waals surface area contributed by atoms with Gasteiger partial charge in [-0.25, -0.2) is 0 Å². The van der Waals surface area contributed by atoms with Gasteiger partial charge in [-0.05, 0) is 31.2 Å². The molecule has 0 radical (unpaired) electrons. The maximum atomic E-state index is 12.3. The van der Waals surface area contributed by atoms with E-state index in [-0.39, 0.29) is 5.78 Å². The van der Waals surface area contributed by atoms with Crippen molar-refractivity contribution >= 4 is 5.78 Å². The highest BCUT2D eigenvalue weighted by Crippen LogP contribution is 2.17. The number of carbonyl (C=O) groups is 1. The summed E-state index contributed by atoms with van der Waals surface area (Å²) in [7, 11) is 0. The van der Waals surface area contributed by atoms with Crippen LogP contribution in [0.2, 0.25) is 0 Å². The van der Waals surface area contributed by atoms with Crippen molar-refractivity contribution in [3.63, 3.8) is 0 Å². The van der Waals surface area contributed by atoms with Crippen LogP contribution >= 0.6 is 0 Å². The monoisotopic (exact) mass is 293 g/mol. The highest BCUT2D eigenvalue weighted by Gasteiger charge is 2.08. The van der Waals surface area contributed by atoms with E-state index in [1.54, 1.807) is 36.4 Å². The zero-order chi connectivity index (χ0) is 15.4. The smallest absolute Gasteiger partial charge is 0.193 e. The summed E-state index contributed by atoms with van der Waals surface area (Å²) in [4.78, 5) is 12.3. The first-order valence-electron chi connectivity index (χ1n) is 6.97. The van der Waals surface area contributed by atoms with Gasteiger partial charge in [-0.2, -0.15) is 0 Å². The van der Waals surface area contributed by atoms with Gasteiger partial charge in [-0.15, -0.1) is 0 Å². The van der Waals surface area contributed by atoms with Gasteiger partial charge >= 0.3 is 0 Å². The average molecular weight is 293 g/mol. The molecule has 1 heterocycles. The van der Waals surface area contributed by atoms with Crippen molar-refractivity contribution in [1.82, 2.24) is 5.16 Å². The van der Waals surface area contributed by atoms with Crippen LogP contribution in [0.3, 0.4) is 0 Å². The summed E-state index contributed by atoms with van der Waals surface area (Å²) < 4.78 is 10.7. The molecule has 0 saturated carbocycles. The normalized spacial score (nSPS) is 10.4. The third-order valence-electron chi connectivity index (χ3n) is 3.21. The number of rotatable bonds is 5. The van der Waals surface area contributed by atoms with E-state index in [1.165, 1.54) is 0 Å². The Morgan fingerprint density at radius 2 is 1.73 bits per heavy atom. The Kier molecular flexibility index (Phi) is 4.01. The van der Waals surface area contributed by atoms with Crippen LogP contribution in [0.1, 0.15) is 27.4 Å². The molecule has 4 heteroatoms. The van der Waals surface area contributed by atoms with E-state index in [0.29, 0.717) is 29.2 Å². The summed E-state index contributed by atoms with van der Waals surface area (Å²) in [6.45, 7) is 2.17. The second-order valence-corrected chi connectivity index (χ2v) is 4.94. The van der Waals surface area contributed by atoms with Gasteiger partial charge in [0.05, 0.1) is 5.69 Å². The first-order valence-corrected chi connectivity index (χ1v) is 6.97. The van der Waals surface area contributed by atoms with Crippen molar-refractivity contribution in [1.29, 1.82) is 0 Å². The standard InChI is InChI=1S/C18H15NO3/c1-13-11-17(22-19-13)12-21-16-9-7-15(8-10-16)18(20)14-5-3-2-4-6-14/h2-11H,12H2,1H3. The van der Waals surface area contributed by atoms with Crippen LogP contribution in [0.25, 0.3) is 0 Å². The Morgan fingerprint density at radius 3 is 2.36 bits per heavy atom. The van der Waals surface area contributed by atoms with Crippen LogP contribution < -0.4 is 4.74 Å². The van der Waals surface area contributed by atoms with Crippen molar-refractivity contribution in [3.05, 3.63) is 83.2 Å². The van der Waals surface area contributed by atoms with Crippen molar-refractivity contribution in [2.75, 3.05) is 0 Å². The summed E-state index contributed by atoms with van der Waals surface area (Å²) in [5.74, 6) is 1.35. The van der Waals surface area contributed by atoms with E-state index >= 15 is 0 Å². The first-order chi connectivity index (χ1) is 10.7. The largest absolute Gasteiger partial charge is 0.486 e. The topological polar surface area (TPSA) is 52.3 Å². The van der Waals surface area contributed by atoms with Gasteiger partial charge in [0.2, 0.25) is 0 Å². The van der Waals surface area contributed by atoms with Crippen molar-refractivity contribution < 1.29 is 14.1 Å². The van der Waals surface area contributed by atoms with E-state index in [1.807, 2.05) is 31.2 Å². The minimum atomic E-state index is -0.00184. The van der Waals surface area contributed by atoms with Gasteiger partial charge in [-0.1, -0.05) is 35.5 Å². The zero-order valence-corrected chi connectivity index (χ0v) is 12.2. The Balaban J connectivity index is 1.66. The molecule has 2 aromatic carbocycles. The molecule has 0 saturated heterocycles. The second kappa shape index (κ2) is 6.26. The first kappa shape index (κ1) is 14.1. The molecule has 4 nitrogen and oxygen atoms in total. The van der Waals surface area contributed by atoms with Crippen LogP contribution in [0.4, 0.5) is 0 Å². The van der Waals surface area contributed by atoms with Crippen LogP contribution in [0.15, 0.2) is 65.2 Å². The SMILES string of the molecule is Cc1cc(COc2ccc(C(=O)c3ccccc3)cc2)on1. The number of aromatic nitrogens is 1. The van der Waals surface area contributed by atoms with E-state index in [4.69, 9.17) is 9.26 Å². The molecule has 22 heavy (non-hydrogen) atoms. The Bertz CT molecular complexity index is 761. The molecule has 3 rings (SSSR count). The Labute approximate surface area is 128 Å². The number of aryl methyl sites for hydroxylation is 1. The molecule has 0 N–H and O–H groups in total. The van der Waals surface area contributed by atoms with Gasteiger partial charge in [0.15, 0.2) is 11.5 Å². The average Bonchev–Trinajstić information content (AvgIpc) is 2.99. The number of carbonyl (C=O) groups excluding carboxylic acids is 1. The third kappa shape index (κ3) is 3.23. The van der Waals surface area contributed by atoms with E-state index in [2.05, 4.69) is 5.16 Å². The predicted molar refractivity (Wildman–Crippen MR) is 81.9 cm³/mol. The molecule has 0 atom stereocenters. The zero-order valence-electron chi connectivity index (χ0n) is 12.2. The third-order valence-corrected chi connectivity index (χ3v) is 3.21. The maximum Gasteiger partial charge on any atom is 0.193 e. The summed E-state index contributed by atoms with van der Waals surface area (Å²) in [5, 5.41) is 3.80. The van der Waals surface area contributed by atoms with Crippen molar-refractivity contribution in [2.45, 2.75) is 13.5 Å². The quantitative estimate of drug-likeness (QED) is 0.671. The number of ketones is 1.